The van der Waals surface area contributed by atoms with Crippen molar-refractivity contribution in [1.29, 1.82) is 0 Å². The van der Waals surface area contributed by atoms with Crippen molar-refractivity contribution in [2.75, 3.05) is 7.05 Å². The van der Waals surface area contributed by atoms with E-state index in [1.165, 1.54) is 13.1 Å². The van der Waals surface area contributed by atoms with Gasteiger partial charge in [-0.2, -0.15) is 0 Å². The number of carbonyl (C=O) groups excluding carboxylic acids is 2. The van der Waals surface area contributed by atoms with Crippen molar-refractivity contribution < 1.29 is 18.4 Å². The number of amides is 2. The molecule has 108 valence electrons. The van der Waals surface area contributed by atoms with E-state index >= 15 is 0 Å². The molecule has 1 aliphatic heterocycles. The summed E-state index contributed by atoms with van der Waals surface area (Å²) >= 11 is 2.99. The molecule has 1 aromatic rings. The van der Waals surface area contributed by atoms with E-state index in [1.807, 2.05) is 0 Å². The van der Waals surface area contributed by atoms with Crippen molar-refractivity contribution in [3.05, 3.63) is 33.8 Å². The van der Waals surface area contributed by atoms with Crippen LogP contribution in [0.5, 0.6) is 0 Å². The van der Waals surface area contributed by atoms with Crippen molar-refractivity contribution in [3.8, 4) is 0 Å². The summed E-state index contributed by atoms with van der Waals surface area (Å²) in [6, 6.07) is 1.84. The summed E-state index contributed by atoms with van der Waals surface area (Å²) in [6.07, 6.45) is 0.572. The molecule has 1 saturated heterocycles. The fraction of sp³-hybridized carbons (Fsp3) is 0.385. The van der Waals surface area contributed by atoms with Crippen molar-refractivity contribution in [3.63, 3.8) is 0 Å². The van der Waals surface area contributed by atoms with Crippen LogP contribution in [0.4, 0.5) is 8.78 Å². The van der Waals surface area contributed by atoms with E-state index in [0.717, 1.165) is 11.0 Å². The van der Waals surface area contributed by atoms with E-state index in [4.69, 9.17) is 0 Å². The Bertz CT molecular complexity index is 566. The topological polar surface area (TPSA) is 49.4 Å². The quantitative estimate of drug-likeness (QED) is 0.672. The van der Waals surface area contributed by atoms with Crippen LogP contribution in [-0.4, -0.2) is 29.8 Å². The van der Waals surface area contributed by atoms with Gasteiger partial charge in [-0.1, -0.05) is 0 Å². The van der Waals surface area contributed by atoms with Crippen LogP contribution in [0, 0.1) is 11.6 Å². The molecule has 2 amide bonds. The zero-order chi connectivity index (χ0) is 14.9. The monoisotopic (exact) mass is 346 g/mol. The average Bonchev–Trinajstić information content (AvgIpc) is 2.42. The van der Waals surface area contributed by atoms with E-state index in [1.54, 1.807) is 0 Å². The molecule has 0 aliphatic carbocycles. The molecule has 0 saturated carbocycles. The smallest absolute Gasteiger partial charge is 0.246 e. The highest BCUT2D eigenvalue weighted by Crippen LogP contribution is 2.22. The number of carbonyl (C=O) groups is 2. The van der Waals surface area contributed by atoms with Gasteiger partial charge in [-0.05, 0) is 34.5 Å². The Morgan fingerprint density at radius 1 is 1.40 bits per heavy atom. The van der Waals surface area contributed by atoms with Crippen LogP contribution >= 0.6 is 15.9 Å². The van der Waals surface area contributed by atoms with Gasteiger partial charge in [-0.15, -0.1) is 0 Å². The number of halogens is 3. The van der Waals surface area contributed by atoms with E-state index in [-0.39, 0.29) is 34.8 Å². The van der Waals surface area contributed by atoms with E-state index in [9.17, 15) is 18.4 Å². The Kier molecular flexibility index (Phi) is 4.49. The van der Waals surface area contributed by atoms with Gasteiger partial charge in [0.1, 0.15) is 11.6 Å². The molecular formula is C13H13BrF2N2O2. The first-order valence-electron chi connectivity index (χ1n) is 6.08. The molecule has 1 unspecified atom stereocenters. The molecule has 0 spiro atoms. The van der Waals surface area contributed by atoms with Gasteiger partial charge < -0.3 is 5.32 Å². The largest absolute Gasteiger partial charge is 0.302 e. The van der Waals surface area contributed by atoms with Gasteiger partial charge >= 0.3 is 0 Å². The van der Waals surface area contributed by atoms with Crippen LogP contribution < -0.4 is 5.32 Å². The van der Waals surface area contributed by atoms with Gasteiger partial charge in [0.05, 0.1) is 10.5 Å². The molecule has 1 aromatic carbocycles. The fourth-order valence-corrected chi connectivity index (χ4v) is 2.43. The Morgan fingerprint density at radius 2 is 2.10 bits per heavy atom. The van der Waals surface area contributed by atoms with E-state index in [2.05, 4.69) is 21.2 Å². The third-order valence-corrected chi connectivity index (χ3v) is 3.93. The second-order valence-electron chi connectivity index (χ2n) is 4.58. The number of nitrogens with zero attached hydrogens (tertiary/aromatic N) is 1. The first-order valence-corrected chi connectivity index (χ1v) is 6.87. The summed E-state index contributed by atoms with van der Waals surface area (Å²) in [5.74, 6) is -1.99. The van der Waals surface area contributed by atoms with Crippen LogP contribution in [0.15, 0.2) is 16.6 Å². The highest BCUT2D eigenvalue weighted by atomic mass is 79.9. The second-order valence-corrected chi connectivity index (χ2v) is 5.44. The zero-order valence-corrected chi connectivity index (χ0v) is 12.3. The molecule has 2 rings (SSSR count). The van der Waals surface area contributed by atoms with Gasteiger partial charge in [0, 0.05) is 25.6 Å². The molecule has 20 heavy (non-hydrogen) atoms. The molecule has 1 heterocycles. The van der Waals surface area contributed by atoms with Crippen molar-refractivity contribution in [2.24, 2.45) is 0 Å². The van der Waals surface area contributed by atoms with Gasteiger partial charge in [0.25, 0.3) is 0 Å². The van der Waals surface area contributed by atoms with Gasteiger partial charge in [0.2, 0.25) is 11.8 Å². The molecule has 1 atom stereocenters. The van der Waals surface area contributed by atoms with Gasteiger partial charge in [0.15, 0.2) is 0 Å². The number of likely N-dealkylation sites (tertiary alicyclic amines) is 1. The molecule has 1 aliphatic rings. The Labute approximate surface area is 123 Å². The summed E-state index contributed by atoms with van der Waals surface area (Å²) in [6.45, 7) is -0.116. The minimum atomic E-state index is -0.690. The maximum Gasteiger partial charge on any atom is 0.246 e. The molecule has 0 aromatic heterocycles. The van der Waals surface area contributed by atoms with E-state index in [0.29, 0.717) is 6.42 Å². The molecular weight excluding hydrogens is 334 g/mol. The first kappa shape index (κ1) is 15.1. The van der Waals surface area contributed by atoms with Crippen LogP contribution in [0.3, 0.4) is 0 Å². The number of hydrogen-bond acceptors (Lipinski definition) is 3. The van der Waals surface area contributed by atoms with Crippen LogP contribution in [0.25, 0.3) is 0 Å². The summed E-state index contributed by atoms with van der Waals surface area (Å²) in [5.41, 5.74) is -0.133. The Morgan fingerprint density at radius 3 is 2.80 bits per heavy atom. The molecule has 1 N–H and O–H groups in total. The Balaban J connectivity index is 2.08. The number of nitrogens with one attached hydrogen (secondary N) is 1. The number of likely N-dealkylation sites (N-methyl/N-ethyl adjacent to an activating group) is 1. The number of rotatable bonds is 3. The van der Waals surface area contributed by atoms with Crippen LogP contribution in [0.2, 0.25) is 0 Å². The summed E-state index contributed by atoms with van der Waals surface area (Å²) in [7, 11) is 1.40. The first-order chi connectivity index (χ1) is 9.41. The third-order valence-electron chi connectivity index (χ3n) is 3.31. The van der Waals surface area contributed by atoms with Crippen molar-refractivity contribution >= 4 is 27.7 Å². The van der Waals surface area contributed by atoms with Crippen molar-refractivity contribution in [1.82, 2.24) is 10.2 Å². The lowest BCUT2D eigenvalue weighted by atomic mass is 10.0. The normalized spacial score (nSPS) is 19.6. The lowest BCUT2D eigenvalue weighted by Gasteiger charge is -2.28. The maximum absolute atomic E-state index is 13.8. The van der Waals surface area contributed by atoms with Crippen LogP contribution in [-0.2, 0) is 16.1 Å². The predicted octanol–water partition coefficient (Wildman–Crippen LogP) is 1.96. The molecule has 7 heteroatoms. The lowest BCUT2D eigenvalue weighted by Crippen LogP contribution is -2.51. The summed E-state index contributed by atoms with van der Waals surface area (Å²) in [5, 5.41) is 2.80. The number of hydrogen-bond donors (Lipinski definition) is 1. The third kappa shape index (κ3) is 2.88. The number of imide groups is 1. The predicted molar refractivity (Wildman–Crippen MR) is 71.7 cm³/mol. The molecule has 0 bridgehead atoms. The molecule has 4 nitrogen and oxygen atoms in total. The van der Waals surface area contributed by atoms with Gasteiger partial charge in [-0.3, -0.25) is 14.5 Å². The standard InChI is InChI=1S/C13H13BrF2N2O2/c1-18-11(19)5-4-10(13(18)20)17-6-7-9(15)3-2-8(14)12(7)16/h2-3,10,17H,4-6H2,1H3. The zero-order valence-electron chi connectivity index (χ0n) is 10.8. The average molecular weight is 347 g/mol. The number of piperidine rings is 1. The minimum absolute atomic E-state index is 0.116. The van der Waals surface area contributed by atoms with Crippen LogP contribution in [0.1, 0.15) is 18.4 Å². The SMILES string of the molecule is CN1C(=O)CCC(NCc2c(F)ccc(Br)c2F)C1=O. The molecule has 1 fully saturated rings. The Hall–Kier alpha value is -1.34. The second kappa shape index (κ2) is 5.97. The summed E-state index contributed by atoms with van der Waals surface area (Å²) < 4.78 is 27.5. The van der Waals surface area contributed by atoms with Gasteiger partial charge in [-0.25, -0.2) is 8.78 Å². The molecule has 0 radical (unpaired) electrons. The number of benzene rings is 1. The fourth-order valence-electron chi connectivity index (χ4n) is 2.06. The lowest BCUT2D eigenvalue weighted by molar-refractivity contribution is -0.148. The highest BCUT2D eigenvalue weighted by Gasteiger charge is 2.31. The highest BCUT2D eigenvalue weighted by molar-refractivity contribution is 9.10. The van der Waals surface area contributed by atoms with Crippen molar-refractivity contribution in [2.45, 2.75) is 25.4 Å². The maximum atomic E-state index is 13.8. The minimum Gasteiger partial charge on any atom is -0.302 e. The summed E-state index contributed by atoms with van der Waals surface area (Å²) in [4.78, 5) is 24.2. The van der Waals surface area contributed by atoms with E-state index < -0.39 is 17.7 Å².